The number of carbonyl (C=O) groups excluding carboxylic acids is 1. The van der Waals surface area contributed by atoms with E-state index < -0.39 is 16.1 Å². The number of sulfonamides is 1. The first-order valence-corrected chi connectivity index (χ1v) is 11.1. The van der Waals surface area contributed by atoms with Gasteiger partial charge in [0, 0.05) is 19.1 Å². The summed E-state index contributed by atoms with van der Waals surface area (Å²) in [6.45, 7) is -0.129. The van der Waals surface area contributed by atoms with Gasteiger partial charge in [0.25, 0.3) is 15.9 Å². The maximum Gasteiger partial charge on any atom is 0.269 e. The van der Waals surface area contributed by atoms with Gasteiger partial charge in [0.15, 0.2) is 0 Å². The maximum atomic E-state index is 12.8. The number of benzene rings is 2. The summed E-state index contributed by atoms with van der Waals surface area (Å²) < 4.78 is 38.8. The van der Waals surface area contributed by atoms with E-state index in [1.54, 1.807) is 54.6 Å². The van der Waals surface area contributed by atoms with Crippen LogP contribution in [0.3, 0.4) is 0 Å². The van der Waals surface area contributed by atoms with Crippen LogP contribution in [0.2, 0.25) is 0 Å². The van der Waals surface area contributed by atoms with Gasteiger partial charge in [0.05, 0.1) is 22.6 Å². The molecule has 0 aliphatic carbocycles. The molecule has 0 saturated carbocycles. The van der Waals surface area contributed by atoms with Gasteiger partial charge in [-0.3, -0.25) is 9.52 Å². The predicted molar refractivity (Wildman–Crippen MR) is 115 cm³/mol. The summed E-state index contributed by atoms with van der Waals surface area (Å²) >= 11 is 0. The van der Waals surface area contributed by atoms with Crippen LogP contribution in [0.5, 0.6) is 0 Å². The van der Waals surface area contributed by atoms with Crippen LogP contribution in [-0.2, 0) is 19.6 Å². The quantitative estimate of drug-likeness (QED) is 0.608. The molecular formula is C22H21N3O5S. The minimum atomic E-state index is -3.78. The van der Waals surface area contributed by atoms with Crippen LogP contribution in [0, 0.1) is 0 Å². The Morgan fingerprint density at radius 1 is 1.13 bits per heavy atom. The van der Waals surface area contributed by atoms with Crippen LogP contribution in [0.25, 0.3) is 0 Å². The number of rotatable bonds is 7. The molecule has 0 fully saturated rings. The third kappa shape index (κ3) is 4.37. The molecule has 1 unspecified atom stereocenters. The molecule has 1 aliphatic rings. The van der Waals surface area contributed by atoms with Crippen molar-refractivity contribution in [2.45, 2.75) is 17.4 Å². The van der Waals surface area contributed by atoms with Gasteiger partial charge in [-0.05, 0) is 30.3 Å². The summed E-state index contributed by atoms with van der Waals surface area (Å²) in [5.41, 5.74) is 1.54. The number of hydrogen-bond donors (Lipinski definition) is 1. The van der Waals surface area contributed by atoms with Crippen molar-refractivity contribution in [3.63, 3.8) is 0 Å². The summed E-state index contributed by atoms with van der Waals surface area (Å²) in [6.07, 6.45) is 1.90. The Labute approximate surface area is 180 Å². The fraction of sp³-hybridized carbons (Fsp3) is 0.182. The van der Waals surface area contributed by atoms with Gasteiger partial charge in [-0.2, -0.15) is 5.10 Å². The van der Waals surface area contributed by atoms with Crippen molar-refractivity contribution >= 4 is 27.3 Å². The van der Waals surface area contributed by atoms with Crippen LogP contribution in [0.1, 0.15) is 23.8 Å². The third-order valence-corrected chi connectivity index (χ3v) is 6.22. The molecule has 1 N–H and O–H groups in total. The first-order valence-electron chi connectivity index (χ1n) is 9.59. The molecule has 3 aromatic rings. The summed E-state index contributed by atoms with van der Waals surface area (Å²) in [7, 11) is -2.35. The van der Waals surface area contributed by atoms with Gasteiger partial charge in [-0.15, -0.1) is 0 Å². The summed E-state index contributed by atoms with van der Waals surface area (Å²) in [4.78, 5) is 12.7. The second-order valence-corrected chi connectivity index (χ2v) is 8.60. The molecule has 4 rings (SSSR count). The zero-order chi connectivity index (χ0) is 21.8. The first-order chi connectivity index (χ1) is 15.0. The van der Waals surface area contributed by atoms with E-state index >= 15 is 0 Å². The lowest BCUT2D eigenvalue weighted by Crippen LogP contribution is -2.29. The SMILES string of the molecule is COCC(=O)N1N=C(c2ccccc2NS(=O)(=O)c2ccccc2)CC1c1ccco1. The average Bonchev–Trinajstić information content (AvgIpc) is 3.45. The molecule has 0 radical (unpaired) electrons. The molecule has 0 spiro atoms. The number of furan rings is 1. The Morgan fingerprint density at radius 3 is 2.58 bits per heavy atom. The Hall–Kier alpha value is -3.43. The van der Waals surface area contributed by atoms with Gasteiger partial charge >= 0.3 is 0 Å². The maximum absolute atomic E-state index is 12.8. The summed E-state index contributed by atoms with van der Waals surface area (Å²) in [5, 5.41) is 5.84. The molecule has 8 nitrogen and oxygen atoms in total. The van der Waals surface area contributed by atoms with E-state index in [0.29, 0.717) is 29.1 Å². The van der Waals surface area contributed by atoms with Crippen LogP contribution in [-0.4, -0.2) is 38.8 Å². The van der Waals surface area contributed by atoms with Crippen molar-refractivity contribution in [3.05, 3.63) is 84.3 Å². The Kier molecular flexibility index (Phi) is 5.88. The number of methoxy groups -OCH3 is 1. The normalized spacial score (nSPS) is 16.2. The molecule has 2 aromatic carbocycles. The molecular weight excluding hydrogens is 418 g/mol. The van der Waals surface area contributed by atoms with Gasteiger partial charge in [0.2, 0.25) is 0 Å². The second kappa shape index (κ2) is 8.75. The molecule has 1 aromatic heterocycles. The molecule has 1 amide bonds. The molecule has 0 bridgehead atoms. The van der Waals surface area contributed by atoms with Gasteiger partial charge in [-0.25, -0.2) is 13.4 Å². The monoisotopic (exact) mass is 439 g/mol. The Morgan fingerprint density at radius 2 is 1.87 bits per heavy atom. The summed E-state index contributed by atoms with van der Waals surface area (Å²) in [5.74, 6) is 0.270. The van der Waals surface area contributed by atoms with Crippen LogP contribution < -0.4 is 4.72 Å². The fourth-order valence-electron chi connectivity index (χ4n) is 3.42. The van der Waals surface area contributed by atoms with E-state index in [1.807, 2.05) is 0 Å². The number of nitrogens with one attached hydrogen (secondary N) is 1. The second-order valence-electron chi connectivity index (χ2n) is 6.92. The van der Waals surface area contributed by atoms with Crippen molar-refractivity contribution in [1.82, 2.24) is 5.01 Å². The highest BCUT2D eigenvalue weighted by molar-refractivity contribution is 7.92. The van der Waals surface area contributed by atoms with E-state index in [0.717, 1.165) is 0 Å². The van der Waals surface area contributed by atoms with Crippen molar-refractivity contribution in [3.8, 4) is 0 Å². The molecule has 1 aliphatic heterocycles. The first kappa shape index (κ1) is 20.8. The largest absolute Gasteiger partial charge is 0.467 e. The van der Waals surface area contributed by atoms with Crippen molar-refractivity contribution in [1.29, 1.82) is 0 Å². The highest BCUT2D eigenvalue weighted by Gasteiger charge is 2.35. The van der Waals surface area contributed by atoms with Crippen LogP contribution >= 0.6 is 0 Å². The smallest absolute Gasteiger partial charge is 0.269 e. The number of amides is 1. The van der Waals surface area contributed by atoms with Gasteiger partial charge in [-0.1, -0.05) is 36.4 Å². The summed E-state index contributed by atoms with van der Waals surface area (Å²) in [6, 6.07) is 18.2. The van der Waals surface area contributed by atoms with Crippen LogP contribution in [0.15, 0.2) is 87.4 Å². The van der Waals surface area contributed by atoms with E-state index in [2.05, 4.69) is 9.82 Å². The van der Waals surface area contributed by atoms with E-state index in [-0.39, 0.29) is 17.4 Å². The van der Waals surface area contributed by atoms with Crippen molar-refractivity contribution < 1.29 is 22.4 Å². The Balaban J connectivity index is 1.68. The zero-order valence-corrected chi connectivity index (χ0v) is 17.6. The third-order valence-electron chi connectivity index (χ3n) is 4.84. The molecule has 31 heavy (non-hydrogen) atoms. The molecule has 2 heterocycles. The number of anilines is 1. The number of ether oxygens (including phenoxy) is 1. The van der Waals surface area contributed by atoms with Gasteiger partial charge in [0.1, 0.15) is 18.4 Å². The predicted octanol–water partition coefficient (Wildman–Crippen LogP) is 3.40. The average molecular weight is 439 g/mol. The number of carbonyl (C=O) groups is 1. The van der Waals surface area contributed by atoms with E-state index in [4.69, 9.17) is 9.15 Å². The van der Waals surface area contributed by atoms with Crippen molar-refractivity contribution in [2.24, 2.45) is 5.10 Å². The lowest BCUT2D eigenvalue weighted by Gasteiger charge is -2.19. The number of para-hydroxylation sites is 1. The van der Waals surface area contributed by atoms with E-state index in [1.165, 1.54) is 30.5 Å². The Bertz CT molecular complexity index is 1190. The number of hydrogen-bond acceptors (Lipinski definition) is 6. The number of hydrazone groups is 1. The van der Waals surface area contributed by atoms with Gasteiger partial charge < -0.3 is 9.15 Å². The molecule has 9 heteroatoms. The lowest BCUT2D eigenvalue weighted by molar-refractivity contribution is -0.137. The van der Waals surface area contributed by atoms with E-state index in [9.17, 15) is 13.2 Å². The zero-order valence-electron chi connectivity index (χ0n) is 16.8. The highest BCUT2D eigenvalue weighted by Crippen LogP contribution is 2.35. The minimum absolute atomic E-state index is 0.129. The minimum Gasteiger partial charge on any atom is -0.467 e. The lowest BCUT2D eigenvalue weighted by atomic mass is 10.0. The standard InChI is InChI=1S/C22H21N3O5S/c1-29-15-22(26)25-20(21-12-7-13-30-21)14-19(23-25)17-10-5-6-11-18(17)24-31(27,28)16-8-3-2-4-9-16/h2-13,20,24H,14-15H2,1H3. The molecule has 1 atom stereocenters. The van der Waals surface area contributed by atoms with Crippen LogP contribution in [0.4, 0.5) is 5.69 Å². The fourth-order valence-corrected chi connectivity index (χ4v) is 4.52. The molecule has 0 saturated heterocycles. The highest BCUT2D eigenvalue weighted by atomic mass is 32.2. The van der Waals surface area contributed by atoms with Crippen molar-refractivity contribution in [2.75, 3.05) is 18.4 Å². The molecule has 160 valence electrons. The topological polar surface area (TPSA) is 101 Å². The number of nitrogens with zero attached hydrogens (tertiary/aromatic N) is 2.